The molecule has 0 radical (unpaired) electrons. The van der Waals surface area contributed by atoms with Crippen LogP contribution in [0.5, 0.6) is 11.5 Å². The third-order valence-corrected chi connectivity index (χ3v) is 4.87. The van der Waals surface area contributed by atoms with Crippen LogP contribution in [0.4, 0.5) is 20.6 Å². The van der Waals surface area contributed by atoms with Gasteiger partial charge in [0.1, 0.15) is 5.82 Å². The first kappa shape index (κ1) is 21.2. The summed E-state index contributed by atoms with van der Waals surface area (Å²) in [4.78, 5) is 28.4. The summed E-state index contributed by atoms with van der Waals surface area (Å²) in [6.45, 7) is 0. The standard InChI is InChI=1S/C22H24FN3O4/c1-25(2)19-13-21(30-4)20(29-3)12-17(19)24-22(28)26-10-9-16(27)11-18(26)14-5-7-15(23)8-6-14/h5-10,12-13,18H,11H2,1-4H3,(H,24,28). The first-order valence-electron chi connectivity index (χ1n) is 9.33. The Kier molecular flexibility index (Phi) is 6.25. The van der Waals surface area contributed by atoms with Gasteiger partial charge < -0.3 is 19.7 Å². The summed E-state index contributed by atoms with van der Waals surface area (Å²) in [6.07, 6.45) is 2.92. The van der Waals surface area contributed by atoms with Crippen molar-refractivity contribution in [3.8, 4) is 11.5 Å². The van der Waals surface area contributed by atoms with E-state index in [4.69, 9.17) is 9.47 Å². The molecule has 1 unspecified atom stereocenters. The topological polar surface area (TPSA) is 71.1 Å². The number of rotatable bonds is 5. The van der Waals surface area contributed by atoms with Crippen LogP contribution >= 0.6 is 0 Å². The highest BCUT2D eigenvalue weighted by atomic mass is 19.1. The van der Waals surface area contributed by atoms with Gasteiger partial charge in [-0.2, -0.15) is 0 Å². The second kappa shape index (κ2) is 8.86. The summed E-state index contributed by atoms with van der Waals surface area (Å²) in [5, 5.41) is 2.89. The molecule has 1 atom stereocenters. The second-order valence-electron chi connectivity index (χ2n) is 7.01. The largest absolute Gasteiger partial charge is 0.493 e. The van der Waals surface area contributed by atoms with E-state index in [0.29, 0.717) is 22.7 Å². The number of anilines is 2. The zero-order chi connectivity index (χ0) is 21.8. The second-order valence-corrected chi connectivity index (χ2v) is 7.01. The maximum absolute atomic E-state index is 13.3. The minimum atomic E-state index is -0.536. The summed E-state index contributed by atoms with van der Waals surface area (Å²) in [7, 11) is 6.75. The molecule has 0 bridgehead atoms. The monoisotopic (exact) mass is 413 g/mol. The van der Waals surface area contributed by atoms with Gasteiger partial charge >= 0.3 is 6.03 Å². The van der Waals surface area contributed by atoms with Crippen molar-refractivity contribution in [3.63, 3.8) is 0 Å². The molecule has 2 aromatic carbocycles. The van der Waals surface area contributed by atoms with Crippen molar-refractivity contribution in [2.75, 3.05) is 38.5 Å². The fraction of sp³-hybridized carbons (Fsp3) is 0.273. The van der Waals surface area contributed by atoms with Crippen LogP contribution in [0.1, 0.15) is 18.0 Å². The molecular formula is C22H24FN3O4. The summed E-state index contributed by atoms with van der Waals surface area (Å²) >= 11 is 0. The predicted octanol–water partition coefficient (Wildman–Crippen LogP) is 3.97. The van der Waals surface area contributed by atoms with Gasteiger partial charge in [-0.15, -0.1) is 0 Å². The van der Waals surface area contributed by atoms with Gasteiger partial charge in [0, 0.05) is 38.8 Å². The fourth-order valence-electron chi connectivity index (χ4n) is 3.32. The Balaban J connectivity index is 1.94. The lowest BCUT2D eigenvalue weighted by Crippen LogP contribution is -2.37. The van der Waals surface area contributed by atoms with Gasteiger partial charge in [0.2, 0.25) is 0 Å². The van der Waals surface area contributed by atoms with Crippen LogP contribution in [0.25, 0.3) is 0 Å². The number of nitrogens with zero attached hydrogens (tertiary/aromatic N) is 2. The van der Waals surface area contributed by atoms with E-state index in [1.807, 2.05) is 19.0 Å². The molecule has 0 aliphatic carbocycles. The Bertz CT molecular complexity index is 973. The van der Waals surface area contributed by atoms with Gasteiger partial charge in [-0.05, 0) is 23.8 Å². The van der Waals surface area contributed by atoms with Crippen molar-refractivity contribution in [3.05, 3.63) is 60.1 Å². The summed E-state index contributed by atoms with van der Waals surface area (Å²) in [5.41, 5.74) is 1.91. The van der Waals surface area contributed by atoms with Crippen LogP contribution in [-0.4, -0.2) is 45.0 Å². The Morgan fingerprint density at radius 2 is 1.77 bits per heavy atom. The van der Waals surface area contributed by atoms with E-state index in [1.165, 1.54) is 36.4 Å². The van der Waals surface area contributed by atoms with Gasteiger partial charge in [0.15, 0.2) is 17.3 Å². The van der Waals surface area contributed by atoms with Gasteiger partial charge in [-0.25, -0.2) is 9.18 Å². The van der Waals surface area contributed by atoms with E-state index in [1.54, 1.807) is 31.4 Å². The molecule has 2 aromatic rings. The molecule has 158 valence electrons. The average molecular weight is 413 g/mol. The molecular weight excluding hydrogens is 389 g/mol. The first-order chi connectivity index (χ1) is 14.3. The molecule has 0 fully saturated rings. The molecule has 0 spiro atoms. The minimum Gasteiger partial charge on any atom is -0.493 e. The number of ether oxygens (including phenoxy) is 2. The average Bonchev–Trinajstić information content (AvgIpc) is 2.73. The summed E-state index contributed by atoms with van der Waals surface area (Å²) in [6, 6.07) is 8.26. The van der Waals surface area contributed by atoms with E-state index in [2.05, 4.69) is 5.32 Å². The van der Waals surface area contributed by atoms with Crippen LogP contribution < -0.4 is 19.7 Å². The summed E-state index contributed by atoms with van der Waals surface area (Å²) < 4.78 is 24.0. The Labute approximate surface area is 174 Å². The smallest absolute Gasteiger partial charge is 0.326 e. The van der Waals surface area contributed by atoms with Crippen molar-refractivity contribution < 1.29 is 23.5 Å². The predicted molar refractivity (Wildman–Crippen MR) is 113 cm³/mol. The van der Waals surface area contributed by atoms with Crippen LogP contribution in [-0.2, 0) is 4.79 Å². The van der Waals surface area contributed by atoms with Gasteiger partial charge in [-0.3, -0.25) is 9.69 Å². The SMILES string of the molecule is COc1cc(NC(=O)N2C=CC(=O)CC2c2ccc(F)cc2)c(N(C)C)cc1OC. The molecule has 2 amide bonds. The lowest BCUT2D eigenvalue weighted by molar-refractivity contribution is -0.116. The maximum Gasteiger partial charge on any atom is 0.326 e. The number of allylic oxidation sites excluding steroid dienone is 1. The first-order valence-corrected chi connectivity index (χ1v) is 9.33. The molecule has 1 aliphatic heterocycles. The van der Waals surface area contributed by atoms with E-state index in [9.17, 15) is 14.0 Å². The highest BCUT2D eigenvalue weighted by molar-refractivity contribution is 5.98. The number of urea groups is 1. The van der Waals surface area contributed by atoms with Crippen molar-refractivity contribution in [2.24, 2.45) is 0 Å². The number of benzene rings is 2. The third kappa shape index (κ3) is 4.37. The van der Waals surface area contributed by atoms with Crippen LogP contribution in [0.2, 0.25) is 0 Å². The lowest BCUT2D eigenvalue weighted by atomic mass is 9.97. The number of ketones is 1. The number of carbonyl (C=O) groups excluding carboxylic acids is 2. The number of hydrogen-bond acceptors (Lipinski definition) is 5. The Morgan fingerprint density at radius 1 is 1.13 bits per heavy atom. The fourth-order valence-corrected chi connectivity index (χ4v) is 3.32. The minimum absolute atomic E-state index is 0.103. The number of nitrogens with one attached hydrogen (secondary N) is 1. The van der Waals surface area contributed by atoms with Gasteiger partial charge in [-0.1, -0.05) is 12.1 Å². The number of hydrogen-bond donors (Lipinski definition) is 1. The molecule has 7 nitrogen and oxygen atoms in total. The molecule has 0 aromatic heterocycles. The highest BCUT2D eigenvalue weighted by Gasteiger charge is 2.29. The normalized spacial score (nSPS) is 15.7. The molecule has 3 rings (SSSR count). The molecule has 8 heteroatoms. The van der Waals surface area contributed by atoms with E-state index >= 15 is 0 Å². The number of methoxy groups -OCH3 is 2. The van der Waals surface area contributed by atoms with Crippen LogP contribution in [0.3, 0.4) is 0 Å². The van der Waals surface area contributed by atoms with Gasteiger partial charge in [0.05, 0.1) is 31.6 Å². The van der Waals surface area contributed by atoms with Crippen molar-refractivity contribution in [1.29, 1.82) is 0 Å². The Hall–Kier alpha value is -3.55. The van der Waals surface area contributed by atoms with Crippen LogP contribution in [0.15, 0.2) is 48.7 Å². The van der Waals surface area contributed by atoms with Crippen LogP contribution in [0, 0.1) is 5.82 Å². The molecule has 30 heavy (non-hydrogen) atoms. The highest BCUT2D eigenvalue weighted by Crippen LogP contribution is 2.38. The van der Waals surface area contributed by atoms with Crippen molar-refractivity contribution >= 4 is 23.2 Å². The number of carbonyl (C=O) groups is 2. The third-order valence-electron chi connectivity index (χ3n) is 4.87. The number of amides is 2. The van der Waals surface area contributed by atoms with Gasteiger partial charge in [0.25, 0.3) is 0 Å². The molecule has 0 saturated heterocycles. The quantitative estimate of drug-likeness (QED) is 0.803. The number of halogens is 1. The molecule has 0 saturated carbocycles. The lowest BCUT2D eigenvalue weighted by Gasteiger charge is -2.32. The molecule has 1 aliphatic rings. The molecule has 1 N–H and O–H groups in total. The zero-order valence-electron chi connectivity index (χ0n) is 17.3. The molecule has 1 heterocycles. The van der Waals surface area contributed by atoms with E-state index in [-0.39, 0.29) is 18.0 Å². The zero-order valence-corrected chi connectivity index (χ0v) is 17.3. The maximum atomic E-state index is 13.3. The van der Waals surface area contributed by atoms with E-state index < -0.39 is 12.1 Å². The van der Waals surface area contributed by atoms with Crippen molar-refractivity contribution in [2.45, 2.75) is 12.5 Å². The van der Waals surface area contributed by atoms with Crippen molar-refractivity contribution in [1.82, 2.24) is 4.90 Å². The summed E-state index contributed by atoms with van der Waals surface area (Å²) in [5.74, 6) is 0.520. The van der Waals surface area contributed by atoms with E-state index in [0.717, 1.165) is 5.69 Å². The Morgan fingerprint density at radius 3 is 2.37 bits per heavy atom.